The molecule has 0 saturated carbocycles. The van der Waals surface area contributed by atoms with E-state index >= 15 is 0 Å². The predicted molar refractivity (Wildman–Crippen MR) is 51.0 cm³/mol. The van der Waals surface area contributed by atoms with Gasteiger partial charge in [0.05, 0.1) is 11.0 Å². The van der Waals surface area contributed by atoms with Crippen LogP contribution < -0.4 is 0 Å². The summed E-state index contributed by atoms with van der Waals surface area (Å²) in [5.74, 6) is 0. The third kappa shape index (κ3) is 1.48. The van der Waals surface area contributed by atoms with Crippen molar-refractivity contribution in [3.8, 4) is 0 Å². The summed E-state index contributed by atoms with van der Waals surface area (Å²) in [5, 5.41) is 20.1. The van der Waals surface area contributed by atoms with Crippen LogP contribution in [-0.2, 0) is 6.42 Å². The Bertz CT molecular complexity index is 376. The Morgan fingerprint density at radius 3 is 3.00 bits per heavy atom. The summed E-state index contributed by atoms with van der Waals surface area (Å²) in [6.45, 7) is 0. The quantitative estimate of drug-likeness (QED) is 0.547. The average molecular weight is 193 g/mol. The molecule has 0 heterocycles. The monoisotopic (exact) mass is 193 g/mol. The van der Waals surface area contributed by atoms with Crippen molar-refractivity contribution < 1.29 is 10.0 Å². The zero-order valence-corrected chi connectivity index (χ0v) is 7.64. The van der Waals surface area contributed by atoms with E-state index in [-0.39, 0.29) is 5.69 Å². The molecule has 1 aliphatic carbocycles. The maximum atomic E-state index is 10.5. The first-order chi connectivity index (χ1) is 6.68. The molecule has 1 N–H and O–H groups in total. The normalized spacial score (nSPS) is 20.2. The predicted octanol–water partition coefficient (Wildman–Crippen LogP) is 1.96. The van der Waals surface area contributed by atoms with Gasteiger partial charge in [-0.05, 0) is 36.5 Å². The molecular weight excluding hydrogens is 182 g/mol. The van der Waals surface area contributed by atoms with Gasteiger partial charge in [-0.2, -0.15) is 0 Å². The van der Waals surface area contributed by atoms with Crippen molar-refractivity contribution in [2.24, 2.45) is 0 Å². The average Bonchev–Trinajstić information content (AvgIpc) is 2.17. The minimum absolute atomic E-state index is 0.109. The van der Waals surface area contributed by atoms with Crippen LogP contribution >= 0.6 is 0 Å². The Hall–Kier alpha value is -1.42. The molecule has 0 amide bonds. The lowest BCUT2D eigenvalue weighted by molar-refractivity contribution is -0.384. The highest BCUT2D eigenvalue weighted by Gasteiger charge is 2.19. The minimum Gasteiger partial charge on any atom is -0.388 e. The van der Waals surface area contributed by atoms with Gasteiger partial charge in [-0.1, -0.05) is 0 Å². The molecule has 1 aromatic rings. The maximum absolute atomic E-state index is 10.5. The lowest BCUT2D eigenvalue weighted by Crippen LogP contribution is -2.09. The zero-order valence-electron chi connectivity index (χ0n) is 7.64. The number of non-ortho nitro benzene ring substituents is 1. The lowest BCUT2D eigenvalue weighted by Gasteiger charge is -2.20. The molecule has 0 radical (unpaired) electrons. The number of aliphatic hydroxyl groups excluding tert-OH is 1. The molecule has 0 bridgehead atoms. The minimum atomic E-state index is -0.445. The second kappa shape index (κ2) is 3.38. The van der Waals surface area contributed by atoms with Crippen LogP contribution in [0.2, 0.25) is 0 Å². The fraction of sp³-hybridized carbons (Fsp3) is 0.400. The van der Waals surface area contributed by atoms with Crippen LogP contribution in [0.1, 0.15) is 30.1 Å². The largest absolute Gasteiger partial charge is 0.388 e. The van der Waals surface area contributed by atoms with Crippen LogP contribution in [0.3, 0.4) is 0 Å². The van der Waals surface area contributed by atoms with E-state index in [0.29, 0.717) is 0 Å². The Morgan fingerprint density at radius 1 is 1.50 bits per heavy atom. The number of hydrogen-bond acceptors (Lipinski definition) is 3. The van der Waals surface area contributed by atoms with E-state index in [1.807, 2.05) is 0 Å². The fourth-order valence-corrected chi connectivity index (χ4v) is 1.89. The summed E-state index contributed by atoms with van der Waals surface area (Å²) in [6, 6.07) is 4.68. The highest BCUT2D eigenvalue weighted by atomic mass is 16.6. The molecule has 0 unspecified atom stereocenters. The van der Waals surface area contributed by atoms with Crippen LogP contribution in [0.4, 0.5) is 5.69 Å². The van der Waals surface area contributed by atoms with E-state index in [2.05, 4.69) is 0 Å². The molecule has 0 spiro atoms. The number of aliphatic hydroxyl groups is 1. The van der Waals surface area contributed by atoms with Crippen LogP contribution in [0.25, 0.3) is 0 Å². The van der Waals surface area contributed by atoms with Crippen molar-refractivity contribution in [1.82, 2.24) is 0 Å². The van der Waals surface area contributed by atoms with Crippen molar-refractivity contribution >= 4 is 5.69 Å². The number of fused-ring (bicyclic) bond motifs is 1. The maximum Gasteiger partial charge on any atom is 0.269 e. The van der Waals surface area contributed by atoms with Gasteiger partial charge < -0.3 is 5.11 Å². The molecule has 1 aliphatic rings. The van der Waals surface area contributed by atoms with Crippen LogP contribution in [0, 0.1) is 10.1 Å². The van der Waals surface area contributed by atoms with Crippen molar-refractivity contribution in [3.63, 3.8) is 0 Å². The molecule has 0 aromatic heterocycles. The molecule has 0 fully saturated rings. The second-order valence-corrected chi connectivity index (χ2v) is 3.55. The molecule has 74 valence electrons. The van der Waals surface area contributed by atoms with Gasteiger partial charge in [-0.15, -0.1) is 0 Å². The molecule has 1 aromatic carbocycles. The van der Waals surface area contributed by atoms with E-state index in [0.717, 1.165) is 30.4 Å². The number of hydrogen-bond donors (Lipinski definition) is 1. The van der Waals surface area contributed by atoms with Gasteiger partial charge in [0, 0.05) is 12.1 Å². The molecular formula is C10H11NO3. The molecule has 4 nitrogen and oxygen atoms in total. The Labute approximate surface area is 81.3 Å². The molecule has 14 heavy (non-hydrogen) atoms. The van der Waals surface area contributed by atoms with Gasteiger partial charge in [0.25, 0.3) is 5.69 Å². The van der Waals surface area contributed by atoms with Gasteiger partial charge >= 0.3 is 0 Å². The Morgan fingerprint density at radius 2 is 2.29 bits per heavy atom. The van der Waals surface area contributed by atoms with Gasteiger partial charge in [0.1, 0.15) is 0 Å². The van der Waals surface area contributed by atoms with Gasteiger partial charge in [-0.25, -0.2) is 0 Å². The van der Waals surface area contributed by atoms with E-state index in [9.17, 15) is 15.2 Å². The summed E-state index contributed by atoms with van der Waals surface area (Å²) in [4.78, 5) is 10.1. The summed E-state index contributed by atoms with van der Waals surface area (Å²) < 4.78 is 0. The molecule has 0 aliphatic heterocycles. The third-order valence-electron chi connectivity index (χ3n) is 2.62. The number of rotatable bonds is 1. The van der Waals surface area contributed by atoms with Crippen molar-refractivity contribution in [1.29, 1.82) is 0 Å². The van der Waals surface area contributed by atoms with E-state index < -0.39 is 11.0 Å². The second-order valence-electron chi connectivity index (χ2n) is 3.55. The number of benzene rings is 1. The number of nitrogens with zero attached hydrogens (tertiary/aromatic N) is 1. The lowest BCUT2D eigenvalue weighted by atomic mass is 9.89. The van der Waals surface area contributed by atoms with Crippen molar-refractivity contribution in [3.05, 3.63) is 39.4 Å². The molecule has 0 saturated heterocycles. The van der Waals surface area contributed by atoms with Gasteiger partial charge in [0.15, 0.2) is 0 Å². The first-order valence-corrected chi connectivity index (χ1v) is 4.64. The smallest absolute Gasteiger partial charge is 0.269 e. The third-order valence-corrected chi connectivity index (χ3v) is 2.62. The highest BCUT2D eigenvalue weighted by molar-refractivity contribution is 5.41. The summed E-state index contributed by atoms with van der Waals surface area (Å²) >= 11 is 0. The zero-order chi connectivity index (χ0) is 10.1. The van der Waals surface area contributed by atoms with Gasteiger partial charge in [0.2, 0.25) is 0 Å². The molecule has 4 heteroatoms. The summed E-state index contributed by atoms with van der Waals surface area (Å²) in [6.07, 6.45) is 2.04. The number of nitro benzene ring substituents is 1. The molecule has 1 atom stereocenters. The standard InChI is InChI=1S/C10H11NO3/c12-10-3-1-2-7-6-8(11(13)14)4-5-9(7)10/h4-6,10,12H,1-3H2/t10-/m1/s1. The summed E-state index contributed by atoms with van der Waals surface area (Å²) in [5.41, 5.74) is 1.87. The summed E-state index contributed by atoms with van der Waals surface area (Å²) in [7, 11) is 0. The Kier molecular flexibility index (Phi) is 2.21. The fourth-order valence-electron chi connectivity index (χ4n) is 1.89. The van der Waals surface area contributed by atoms with E-state index in [4.69, 9.17) is 0 Å². The molecule has 2 rings (SSSR count). The van der Waals surface area contributed by atoms with E-state index in [1.54, 1.807) is 12.1 Å². The van der Waals surface area contributed by atoms with Crippen molar-refractivity contribution in [2.45, 2.75) is 25.4 Å². The van der Waals surface area contributed by atoms with Crippen LogP contribution in [-0.4, -0.2) is 10.0 Å². The first-order valence-electron chi connectivity index (χ1n) is 4.64. The first kappa shape index (κ1) is 9.15. The van der Waals surface area contributed by atoms with E-state index in [1.165, 1.54) is 6.07 Å². The number of nitro groups is 1. The highest BCUT2D eigenvalue weighted by Crippen LogP contribution is 2.31. The van der Waals surface area contributed by atoms with Gasteiger partial charge in [-0.3, -0.25) is 10.1 Å². The Balaban J connectivity index is 2.44. The topological polar surface area (TPSA) is 63.4 Å². The SMILES string of the molecule is O=[N+]([O-])c1ccc2c(c1)CCC[C@H]2O. The van der Waals surface area contributed by atoms with Crippen LogP contribution in [0.5, 0.6) is 0 Å². The van der Waals surface area contributed by atoms with Crippen LogP contribution in [0.15, 0.2) is 18.2 Å². The number of aryl methyl sites for hydroxylation is 1. The van der Waals surface area contributed by atoms with Crippen molar-refractivity contribution in [2.75, 3.05) is 0 Å².